The third-order valence-electron chi connectivity index (χ3n) is 4.62. The number of aromatic nitrogens is 4. The van der Waals surface area contributed by atoms with Gasteiger partial charge in [0, 0.05) is 15.2 Å². The van der Waals surface area contributed by atoms with Crippen LogP contribution in [-0.4, -0.2) is 34.4 Å². The van der Waals surface area contributed by atoms with Gasteiger partial charge in [0.1, 0.15) is 11.5 Å². The van der Waals surface area contributed by atoms with Gasteiger partial charge in [-0.1, -0.05) is 17.2 Å². The van der Waals surface area contributed by atoms with E-state index in [2.05, 4.69) is 67.7 Å². The average Bonchev–Trinajstić information content (AvgIpc) is 3.16. The monoisotopic (exact) mass is 463 g/mol. The molecule has 0 saturated heterocycles. The quantitative estimate of drug-likeness (QED) is 0.598. The van der Waals surface area contributed by atoms with Crippen LogP contribution in [0, 0.1) is 3.57 Å². The van der Waals surface area contributed by atoms with E-state index in [9.17, 15) is 0 Å². The molecule has 0 amide bonds. The van der Waals surface area contributed by atoms with E-state index in [1.807, 2.05) is 22.9 Å². The highest BCUT2D eigenvalue weighted by Gasteiger charge is 2.32. The lowest BCUT2D eigenvalue weighted by molar-refractivity contribution is 0.369. The van der Waals surface area contributed by atoms with Crippen molar-refractivity contribution in [3.63, 3.8) is 0 Å². The minimum atomic E-state index is -0.0358. The van der Waals surface area contributed by atoms with Gasteiger partial charge in [-0.3, -0.25) is 0 Å². The van der Waals surface area contributed by atoms with Gasteiger partial charge in [0.05, 0.1) is 26.3 Å². The zero-order valence-corrected chi connectivity index (χ0v) is 16.5. The molecule has 134 valence electrons. The Morgan fingerprint density at radius 3 is 2.65 bits per heavy atom. The lowest BCUT2D eigenvalue weighted by Crippen LogP contribution is -2.28. The van der Waals surface area contributed by atoms with E-state index in [4.69, 9.17) is 9.47 Å². The molecule has 0 radical (unpaired) electrons. The van der Waals surface area contributed by atoms with E-state index < -0.39 is 0 Å². The first-order valence-corrected chi connectivity index (χ1v) is 9.29. The molecule has 2 heterocycles. The number of anilines is 1. The van der Waals surface area contributed by atoms with Crippen LogP contribution in [0.25, 0.3) is 0 Å². The van der Waals surface area contributed by atoms with Crippen molar-refractivity contribution < 1.29 is 9.47 Å². The molecule has 3 aromatic rings. The number of methoxy groups -OCH3 is 2. The smallest absolute Gasteiger partial charge is 0.243 e. The summed E-state index contributed by atoms with van der Waals surface area (Å²) in [6.45, 7) is 0. The lowest BCUT2D eigenvalue weighted by Gasteiger charge is -2.31. The van der Waals surface area contributed by atoms with E-state index in [-0.39, 0.29) is 12.1 Å². The molecule has 0 aliphatic carbocycles. The number of tetrazole rings is 1. The molecule has 0 saturated carbocycles. The Kier molecular flexibility index (Phi) is 4.66. The van der Waals surface area contributed by atoms with Gasteiger partial charge in [0.15, 0.2) is 0 Å². The summed E-state index contributed by atoms with van der Waals surface area (Å²) in [7, 11) is 3.31. The van der Waals surface area contributed by atoms with Gasteiger partial charge >= 0.3 is 0 Å². The average molecular weight is 463 g/mol. The summed E-state index contributed by atoms with van der Waals surface area (Å²) in [6, 6.07) is 14.4. The third kappa shape index (κ3) is 3.09. The molecule has 4 rings (SSSR count). The van der Waals surface area contributed by atoms with Gasteiger partial charge in [-0.25, -0.2) is 4.68 Å². The highest BCUT2D eigenvalue weighted by Crippen LogP contribution is 2.41. The number of hydrogen-bond donors (Lipinski definition) is 1. The van der Waals surface area contributed by atoms with E-state index in [0.717, 1.165) is 23.5 Å². The molecule has 0 unspecified atom stereocenters. The molecule has 1 N–H and O–H groups in total. The first-order chi connectivity index (χ1) is 12.7. The van der Waals surface area contributed by atoms with E-state index >= 15 is 0 Å². The molecule has 7 nitrogen and oxygen atoms in total. The topological polar surface area (TPSA) is 74.1 Å². The predicted molar refractivity (Wildman–Crippen MR) is 106 cm³/mol. The molecule has 0 spiro atoms. The summed E-state index contributed by atoms with van der Waals surface area (Å²) in [5.74, 6) is 2.17. The van der Waals surface area contributed by atoms with E-state index in [1.165, 1.54) is 9.13 Å². The highest BCUT2D eigenvalue weighted by atomic mass is 127. The number of nitrogens with zero attached hydrogens (tertiary/aromatic N) is 4. The van der Waals surface area contributed by atoms with Crippen LogP contribution in [0.1, 0.15) is 29.6 Å². The van der Waals surface area contributed by atoms with Crippen molar-refractivity contribution in [1.29, 1.82) is 0 Å². The molecular formula is C18H18IN5O2. The molecule has 26 heavy (non-hydrogen) atoms. The van der Waals surface area contributed by atoms with Crippen LogP contribution in [0.4, 0.5) is 5.95 Å². The van der Waals surface area contributed by atoms with E-state index in [0.29, 0.717) is 5.95 Å². The summed E-state index contributed by atoms with van der Waals surface area (Å²) < 4.78 is 13.9. The van der Waals surface area contributed by atoms with Crippen molar-refractivity contribution in [2.45, 2.75) is 18.5 Å². The molecule has 1 aliphatic heterocycles. The minimum absolute atomic E-state index is 0.0358. The highest BCUT2D eigenvalue weighted by molar-refractivity contribution is 14.1. The number of ether oxygens (including phenoxy) is 2. The van der Waals surface area contributed by atoms with Gasteiger partial charge in [0.2, 0.25) is 5.95 Å². The summed E-state index contributed by atoms with van der Waals surface area (Å²) in [5, 5.41) is 15.6. The predicted octanol–water partition coefficient (Wildman–Crippen LogP) is 3.44. The summed E-state index contributed by atoms with van der Waals surface area (Å²) in [4.78, 5) is 0. The minimum Gasteiger partial charge on any atom is -0.497 e. The number of hydrogen-bond acceptors (Lipinski definition) is 6. The van der Waals surface area contributed by atoms with Crippen molar-refractivity contribution in [3.8, 4) is 11.5 Å². The molecule has 2 aromatic carbocycles. The Morgan fingerprint density at radius 2 is 1.92 bits per heavy atom. The summed E-state index contributed by atoms with van der Waals surface area (Å²) >= 11 is 2.31. The molecule has 8 heteroatoms. The second-order valence-electron chi connectivity index (χ2n) is 6.05. The summed E-state index contributed by atoms with van der Waals surface area (Å²) in [5.41, 5.74) is 2.23. The summed E-state index contributed by atoms with van der Waals surface area (Å²) in [6.07, 6.45) is 0.807. The van der Waals surface area contributed by atoms with Crippen LogP contribution in [0.3, 0.4) is 0 Å². The number of rotatable bonds is 4. The van der Waals surface area contributed by atoms with Crippen molar-refractivity contribution >= 4 is 28.5 Å². The maximum Gasteiger partial charge on any atom is 0.243 e. The fourth-order valence-electron chi connectivity index (χ4n) is 3.30. The Labute approximate surface area is 164 Å². The second-order valence-corrected chi connectivity index (χ2v) is 7.30. The molecule has 0 fully saturated rings. The molecule has 1 aromatic heterocycles. The number of benzene rings is 2. The Morgan fingerprint density at radius 1 is 1.12 bits per heavy atom. The fourth-order valence-corrected chi connectivity index (χ4v) is 3.66. The SMILES string of the molecule is COc1ccc([C@H]2C[C@@H](c3ccc(I)cc3)Nc3nnnn32)c(OC)c1. The first-order valence-electron chi connectivity index (χ1n) is 8.21. The van der Waals surface area contributed by atoms with Gasteiger partial charge in [-0.2, -0.15) is 0 Å². The van der Waals surface area contributed by atoms with Crippen LogP contribution < -0.4 is 14.8 Å². The Hall–Kier alpha value is -2.36. The Bertz CT molecular complexity index is 912. The molecular weight excluding hydrogens is 445 g/mol. The van der Waals surface area contributed by atoms with Gasteiger partial charge in [-0.15, -0.1) is 0 Å². The van der Waals surface area contributed by atoms with Gasteiger partial charge in [-0.05, 0) is 69.3 Å². The standard InChI is InChI=1S/C18H18IN5O2/c1-25-13-7-8-14(17(9-13)26-2)16-10-15(11-3-5-12(19)6-4-11)20-18-21-22-23-24(16)18/h3-9,15-16H,10H2,1-2H3,(H,20,21,23)/t15-,16+/m0/s1. The second kappa shape index (κ2) is 7.10. The molecule has 0 bridgehead atoms. The Balaban J connectivity index is 1.75. The van der Waals surface area contributed by atoms with Crippen molar-refractivity contribution in [2.75, 3.05) is 19.5 Å². The zero-order valence-electron chi connectivity index (χ0n) is 14.4. The molecule has 2 atom stereocenters. The number of fused-ring (bicyclic) bond motifs is 1. The normalized spacial score (nSPS) is 18.7. The number of halogens is 1. The maximum atomic E-state index is 5.61. The first kappa shape index (κ1) is 17.1. The largest absolute Gasteiger partial charge is 0.497 e. The van der Waals surface area contributed by atoms with Crippen molar-refractivity contribution in [1.82, 2.24) is 20.2 Å². The molecule has 1 aliphatic rings. The van der Waals surface area contributed by atoms with Crippen LogP contribution in [-0.2, 0) is 0 Å². The number of nitrogens with one attached hydrogen (secondary N) is 1. The van der Waals surface area contributed by atoms with Crippen LogP contribution in [0.5, 0.6) is 11.5 Å². The van der Waals surface area contributed by atoms with Gasteiger partial charge in [0.25, 0.3) is 0 Å². The fraction of sp³-hybridized carbons (Fsp3) is 0.278. The van der Waals surface area contributed by atoms with Crippen molar-refractivity contribution in [2.24, 2.45) is 0 Å². The third-order valence-corrected chi connectivity index (χ3v) is 5.34. The van der Waals surface area contributed by atoms with Crippen LogP contribution >= 0.6 is 22.6 Å². The zero-order chi connectivity index (χ0) is 18.1. The maximum absolute atomic E-state index is 5.61. The van der Waals surface area contributed by atoms with E-state index in [1.54, 1.807) is 14.2 Å². The van der Waals surface area contributed by atoms with Gasteiger partial charge < -0.3 is 14.8 Å². The van der Waals surface area contributed by atoms with Crippen molar-refractivity contribution in [3.05, 3.63) is 57.2 Å². The lowest BCUT2D eigenvalue weighted by atomic mass is 9.93. The van der Waals surface area contributed by atoms with Crippen LogP contribution in [0.2, 0.25) is 0 Å². The van der Waals surface area contributed by atoms with Crippen LogP contribution in [0.15, 0.2) is 42.5 Å².